The van der Waals surface area contributed by atoms with Crippen molar-refractivity contribution in [2.24, 2.45) is 0 Å². The van der Waals surface area contributed by atoms with Gasteiger partial charge >= 0.3 is 5.97 Å². The number of esters is 1. The number of carbonyl (C=O) groups excluding carboxylic acids is 1. The third kappa shape index (κ3) is 4.57. The quantitative estimate of drug-likeness (QED) is 0.463. The van der Waals surface area contributed by atoms with Crippen LogP contribution in [-0.2, 0) is 9.53 Å². The fourth-order valence-corrected chi connectivity index (χ4v) is 2.67. The molecule has 0 radical (unpaired) electrons. The lowest BCUT2D eigenvalue weighted by molar-refractivity contribution is -0.136. The number of benzene rings is 1. The molecule has 0 aliphatic heterocycles. The molecular formula is C14H20O2Si. The summed E-state index contributed by atoms with van der Waals surface area (Å²) in [4.78, 5) is 12.0. The van der Waals surface area contributed by atoms with E-state index in [4.69, 9.17) is 4.74 Å². The predicted octanol–water partition coefficient (Wildman–Crippen LogP) is 3.51. The van der Waals surface area contributed by atoms with Crippen LogP contribution < -0.4 is 0 Å². The van der Waals surface area contributed by atoms with E-state index in [2.05, 4.69) is 25.3 Å². The monoisotopic (exact) mass is 248 g/mol. The van der Waals surface area contributed by atoms with E-state index >= 15 is 0 Å². The molecule has 1 aromatic carbocycles. The first kappa shape index (κ1) is 13.7. The van der Waals surface area contributed by atoms with E-state index < -0.39 is 8.07 Å². The molecule has 0 saturated carbocycles. The van der Waals surface area contributed by atoms with Gasteiger partial charge in [-0.05, 0) is 12.5 Å². The molecule has 1 rings (SSSR count). The van der Waals surface area contributed by atoms with Crippen LogP contribution in [0.2, 0.25) is 19.6 Å². The van der Waals surface area contributed by atoms with Crippen molar-refractivity contribution in [2.45, 2.75) is 26.6 Å². The fourth-order valence-electron chi connectivity index (χ4n) is 1.52. The van der Waals surface area contributed by atoms with Crippen molar-refractivity contribution in [3.63, 3.8) is 0 Å². The molecule has 0 saturated heterocycles. The molecule has 92 valence electrons. The van der Waals surface area contributed by atoms with Gasteiger partial charge < -0.3 is 4.74 Å². The first-order valence-electron chi connectivity index (χ1n) is 5.89. The van der Waals surface area contributed by atoms with Crippen molar-refractivity contribution >= 4 is 19.6 Å². The van der Waals surface area contributed by atoms with Crippen molar-refractivity contribution < 1.29 is 9.53 Å². The minimum atomic E-state index is -1.46. The van der Waals surface area contributed by atoms with Gasteiger partial charge in [-0.1, -0.05) is 55.7 Å². The highest BCUT2D eigenvalue weighted by Crippen LogP contribution is 2.19. The van der Waals surface area contributed by atoms with Crippen molar-refractivity contribution in [2.75, 3.05) is 6.61 Å². The van der Waals surface area contributed by atoms with E-state index in [1.165, 1.54) is 0 Å². The second-order valence-electron chi connectivity index (χ2n) is 5.01. The third-order valence-corrected chi connectivity index (χ3v) is 3.31. The van der Waals surface area contributed by atoms with Crippen molar-refractivity contribution in [1.29, 1.82) is 0 Å². The second-order valence-corrected chi connectivity index (χ2v) is 10.0. The number of hydrogen-bond acceptors (Lipinski definition) is 2. The van der Waals surface area contributed by atoms with Crippen molar-refractivity contribution in [3.05, 3.63) is 41.6 Å². The van der Waals surface area contributed by atoms with E-state index in [1.807, 2.05) is 37.3 Å². The minimum absolute atomic E-state index is 0.221. The number of hydrogen-bond donors (Lipinski definition) is 0. The molecule has 0 bridgehead atoms. The Labute approximate surface area is 104 Å². The van der Waals surface area contributed by atoms with Gasteiger partial charge in [0, 0.05) is 0 Å². The van der Waals surface area contributed by atoms with Crippen LogP contribution in [0.4, 0.5) is 0 Å². The van der Waals surface area contributed by atoms with Gasteiger partial charge in [0.05, 0.1) is 20.3 Å². The highest BCUT2D eigenvalue weighted by Gasteiger charge is 2.18. The van der Waals surface area contributed by atoms with Gasteiger partial charge in [0.1, 0.15) is 0 Å². The predicted molar refractivity (Wildman–Crippen MR) is 74.4 cm³/mol. The Balaban J connectivity index is 3.12. The maximum Gasteiger partial charge on any atom is 0.338 e. The third-order valence-electron chi connectivity index (χ3n) is 2.16. The van der Waals surface area contributed by atoms with Crippen LogP contribution in [0.25, 0.3) is 5.57 Å². The van der Waals surface area contributed by atoms with Gasteiger partial charge in [0.15, 0.2) is 0 Å². The van der Waals surface area contributed by atoms with Crippen LogP contribution >= 0.6 is 0 Å². The average Bonchev–Trinajstić information content (AvgIpc) is 2.26. The maximum atomic E-state index is 12.0. The van der Waals surface area contributed by atoms with E-state index in [9.17, 15) is 4.79 Å². The lowest BCUT2D eigenvalue weighted by Gasteiger charge is -2.14. The zero-order valence-corrected chi connectivity index (χ0v) is 12.0. The van der Waals surface area contributed by atoms with E-state index in [1.54, 1.807) is 0 Å². The fraction of sp³-hybridized carbons (Fsp3) is 0.357. The summed E-state index contributed by atoms with van der Waals surface area (Å²) in [7, 11) is -1.46. The van der Waals surface area contributed by atoms with Gasteiger partial charge in [0.2, 0.25) is 0 Å². The Morgan fingerprint density at radius 3 is 2.29 bits per heavy atom. The Bertz CT molecular complexity index is 402. The Morgan fingerprint density at radius 2 is 1.82 bits per heavy atom. The first-order chi connectivity index (χ1) is 7.94. The molecule has 0 spiro atoms. The molecule has 1 aromatic rings. The zero-order valence-electron chi connectivity index (χ0n) is 11.0. The van der Waals surface area contributed by atoms with Crippen LogP contribution in [0.3, 0.4) is 0 Å². The highest BCUT2D eigenvalue weighted by molar-refractivity contribution is 6.82. The number of ether oxygens (including phenoxy) is 1. The standard InChI is InChI=1S/C14H20O2Si/c1-5-16-14(15)13(11-17(2,3)4)12-9-7-6-8-10-12/h6-11H,5H2,1-4H3/b13-11+. The summed E-state index contributed by atoms with van der Waals surface area (Å²) < 4.78 is 5.12. The van der Waals surface area contributed by atoms with Gasteiger partial charge in [-0.25, -0.2) is 4.79 Å². The molecule has 0 aliphatic rings. The average molecular weight is 248 g/mol. The largest absolute Gasteiger partial charge is 0.462 e. The summed E-state index contributed by atoms with van der Waals surface area (Å²) in [5, 5.41) is 0. The molecule has 0 amide bonds. The first-order valence-corrected chi connectivity index (χ1v) is 9.47. The Morgan fingerprint density at radius 1 is 1.24 bits per heavy atom. The summed E-state index contributed by atoms with van der Waals surface area (Å²) in [5.74, 6) is -0.221. The summed E-state index contributed by atoms with van der Waals surface area (Å²) in [6.45, 7) is 8.85. The van der Waals surface area contributed by atoms with Crippen LogP contribution in [0.15, 0.2) is 36.0 Å². The van der Waals surface area contributed by atoms with Gasteiger partial charge in [-0.15, -0.1) is 0 Å². The lowest BCUT2D eigenvalue weighted by Crippen LogP contribution is -2.19. The second kappa shape index (κ2) is 5.82. The Kier molecular flexibility index (Phi) is 4.69. The van der Waals surface area contributed by atoms with Crippen molar-refractivity contribution in [1.82, 2.24) is 0 Å². The molecule has 0 aromatic heterocycles. The molecule has 17 heavy (non-hydrogen) atoms. The van der Waals surface area contributed by atoms with Gasteiger partial charge in [0.25, 0.3) is 0 Å². The van der Waals surface area contributed by atoms with Crippen molar-refractivity contribution in [3.8, 4) is 0 Å². The molecule has 0 unspecified atom stereocenters. The normalized spacial score (nSPS) is 12.4. The van der Waals surface area contributed by atoms with Crippen LogP contribution in [0.5, 0.6) is 0 Å². The number of rotatable bonds is 4. The summed E-state index contributed by atoms with van der Waals surface area (Å²) in [6.07, 6.45) is 0. The molecule has 3 heteroatoms. The highest BCUT2D eigenvalue weighted by atomic mass is 28.3. The molecular weight excluding hydrogens is 228 g/mol. The van der Waals surface area contributed by atoms with E-state index in [0.717, 1.165) is 5.56 Å². The molecule has 0 atom stereocenters. The summed E-state index contributed by atoms with van der Waals surface area (Å²) in [6, 6.07) is 9.71. The topological polar surface area (TPSA) is 26.3 Å². The number of carbonyl (C=O) groups is 1. The SMILES string of the molecule is CCOC(=O)/C(=C/[Si](C)(C)C)c1ccccc1. The molecule has 0 aliphatic carbocycles. The summed E-state index contributed by atoms with van der Waals surface area (Å²) in [5.41, 5.74) is 3.74. The van der Waals surface area contributed by atoms with Crippen LogP contribution in [0, 0.1) is 0 Å². The van der Waals surface area contributed by atoms with Crippen LogP contribution in [-0.4, -0.2) is 20.7 Å². The van der Waals surface area contributed by atoms with E-state index in [0.29, 0.717) is 12.2 Å². The molecule has 0 N–H and O–H groups in total. The maximum absolute atomic E-state index is 12.0. The van der Waals surface area contributed by atoms with Crippen LogP contribution in [0.1, 0.15) is 12.5 Å². The summed E-state index contributed by atoms with van der Waals surface area (Å²) >= 11 is 0. The van der Waals surface area contributed by atoms with E-state index in [-0.39, 0.29) is 5.97 Å². The van der Waals surface area contributed by atoms with Gasteiger partial charge in [-0.3, -0.25) is 0 Å². The minimum Gasteiger partial charge on any atom is -0.462 e. The van der Waals surface area contributed by atoms with Gasteiger partial charge in [-0.2, -0.15) is 0 Å². The molecule has 2 nitrogen and oxygen atoms in total. The lowest BCUT2D eigenvalue weighted by atomic mass is 10.1. The Hall–Kier alpha value is -1.35. The molecule has 0 fully saturated rings. The smallest absolute Gasteiger partial charge is 0.338 e. The molecule has 0 heterocycles. The zero-order chi connectivity index (χ0) is 12.9.